The van der Waals surface area contributed by atoms with Crippen molar-refractivity contribution < 1.29 is 9.53 Å². The highest BCUT2D eigenvalue weighted by atomic mass is 16.5. The lowest BCUT2D eigenvalue weighted by atomic mass is 10.1. The maximum Gasteiger partial charge on any atom is 0.276 e. The molecule has 0 spiro atoms. The minimum atomic E-state index is -0.204. The molecule has 0 saturated heterocycles. The molecule has 0 aliphatic carbocycles. The fourth-order valence-corrected chi connectivity index (χ4v) is 1.81. The van der Waals surface area contributed by atoms with Gasteiger partial charge in [-0.25, -0.2) is 0 Å². The number of benzene rings is 1. The number of amides is 1. The number of aromatic nitrogens is 2. The van der Waals surface area contributed by atoms with Crippen LogP contribution in [-0.4, -0.2) is 29.4 Å². The number of methoxy groups -OCH3 is 1. The summed E-state index contributed by atoms with van der Waals surface area (Å²) in [4.78, 5) is 12.1. The Morgan fingerprint density at radius 2 is 2.10 bits per heavy atom. The van der Waals surface area contributed by atoms with Gasteiger partial charge in [-0.15, -0.1) is 0 Å². The molecule has 2 aromatic rings. The number of hydrogen-bond donors (Lipinski definition) is 1. The summed E-state index contributed by atoms with van der Waals surface area (Å²) in [6.07, 6.45) is 1.77. The second-order valence-corrected chi connectivity index (χ2v) is 4.71. The number of anilines is 1. The molecule has 0 fully saturated rings. The first kappa shape index (κ1) is 14.3. The largest absolute Gasteiger partial charge is 0.383 e. The minimum Gasteiger partial charge on any atom is -0.383 e. The molecule has 0 aliphatic rings. The van der Waals surface area contributed by atoms with Crippen molar-refractivity contribution in [3.05, 3.63) is 47.3 Å². The zero-order valence-electron chi connectivity index (χ0n) is 12.0. The van der Waals surface area contributed by atoms with Crippen LogP contribution in [0.1, 0.15) is 21.6 Å². The molecule has 106 valence electrons. The van der Waals surface area contributed by atoms with Crippen molar-refractivity contribution in [1.82, 2.24) is 9.78 Å². The number of rotatable bonds is 5. The number of ether oxygens (including phenoxy) is 1. The third-order valence-electron chi connectivity index (χ3n) is 3.16. The van der Waals surface area contributed by atoms with Crippen LogP contribution in [0.4, 0.5) is 5.69 Å². The predicted octanol–water partition coefficient (Wildman–Crippen LogP) is 2.40. The highest BCUT2D eigenvalue weighted by molar-refractivity contribution is 6.02. The first-order chi connectivity index (χ1) is 9.60. The van der Waals surface area contributed by atoms with Crippen LogP contribution in [0, 0.1) is 13.8 Å². The summed E-state index contributed by atoms with van der Waals surface area (Å²) < 4.78 is 6.67. The molecule has 1 heterocycles. The van der Waals surface area contributed by atoms with Gasteiger partial charge in [0, 0.05) is 19.0 Å². The smallest absolute Gasteiger partial charge is 0.276 e. The van der Waals surface area contributed by atoms with Crippen molar-refractivity contribution in [1.29, 1.82) is 0 Å². The third kappa shape index (κ3) is 3.45. The number of carbonyl (C=O) groups excluding carboxylic acids is 1. The maximum atomic E-state index is 12.1. The molecular weight excluding hydrogens is 254 g/mol. The maximum absolute atomic E-state index is 12.1. The van der Waals surface area contributed by atoms with Gasteiger partial charge in [-0.2, -0.15) is 5.10 Å². The zero-order valence-corrected chi connectivity index (χ0v) is 12.0. The standard InChI is InChI=1S/C15H19N3O2/c1-11-4-5-13(10-12(11)2)16-15(19)14-6-7-18(17-14)8-9-20-3/h4-7,10H,8-9H2,1-3H3,(H,16,19). The van der Waals surface area contributed by atoms with E-state index in [2.05, 4.69) is 10.4 Å². The molecule has 1 N–H and O–H groups in total. The minimum absolute atomic E-state index is 0.204. The van der Waals surface area contributed by atoms with Crippen LogP contribution in [0.5, 0.6) is 0 Å². The number of nitrogens with one attached hydrogen (secondary N) is 1. The van der Waals surface area contributed by atoms with Crippen LogP contribution >= 0.6 is 0 Å². The average Bonchev–Trinajstić information content (AvgIpc) is 2.89. The number of aryl methyl sites for hydroxylation is 2. The Balaban J connectivity index is 2.03. The van der Waals surface area contributed by atoms with E-state index in [9.17, 15) is 4.79 Å². The molecular formula is C15H19N3O2. The summed E-state index contributed by atoms with van der Waals surface area (Å²) in [5.41, 5.74) is 3.53. The molecule has 1 amide bonds. The van der Waals surface area contributed by atoms with Crippen LogP contribution in [-0.2, 0) is 11.3 Å². The molecule has 0 unspecified atom stereocenters. The molecule has 5 nitrogen and oxygen atoms in total. The number of nitrogens with zero attached hydrogens (tertiary/aromatic N) is 2. The molecule has 5 heteroatoms. The van der Waals surface area contributed by atoms with E-state index in [0.717, 1.165) is 11.3 Å². The van der Waals surface area contributed by atoms with E-state index < -0.39 is 0 Å². The monoisotopic (exact) mass is 273 g/mol. The van der Waals surface area contributed by atoms with Gasteiger partial charge in [0.2, 0.25) is 0 Å². The van der Waals surface area contributed by atoms with E-state index in [0.29, 0.717) is 18.8 Å². The van der Waals surface area contributed by atoms with Crippen molar-refractivity contribution in [3.63, 3.8) is 0 Å². The zero-order chi connectivity index (χ0) is 14.5. The van der Waals surface area contributed by atoms with Crippen molar-refractivity contribution >= 4 is 11.6 Å². The molecule has 0 radical (unpaired) electrons. The number of carbonyl (C=O) groups is 1. The first-order valence-corrected chi connectivity index (χ1v) is 6.51. The van der Waals surface area contributed by atoms with E-state index in [1.165, 1.54) is 5.56 Å². The lowest BCUT2D eigenvalue weighted by Crippen LogP contribution is -2.14. The average molecular weight is 273 g/mol. The topological polar surface area (TPSA) is 56.1 Å². The quantitative estimate of drug-likeness (QED) is 0.910. The van der Waals surface area contributed by atoms with Crippen LogP contribution in [0.2, 0.25) is 0 Å². The first-order valence-electron chi connectivity index (χ1n) is 6.51. The van der Waals surface area contributed by atoms with E-state index in [1.807, 2.05) is 32.0 Å². The molecule has 0 bridgehead atoms. The summed E-state index contributed by atoms with van der Waals surface area (Å²) in [5.74, 6) is -0.204. The number of hydrogen-bond acceptors (Lipinski definition) is 3. The van der Waals surface area contributed by atoms with Crippen molar-refractivity contribution in [3.8, 4) is 0 Å². The van der Waals surface area contributed by atoms with Crippen molar-refractivity contribution in [2.24, 2.45) is 0 Å². The molecule has 1 aromatic carbocycles. The van der Waals surface area contributed by atoms with Crippen LogP contribution in [0.3, 0.4) is 0 Å². The van der Waals surface area contributed by atoms with Gasteiger partial charge in [-0.3, -0.25) is 9.48 Å². The fraction of sp³-hybridized carbons (Fsp3) is 0.333. The second-order valence-electron chi connectivity index (χ2n) is 4.71. The molecule has 20 heavy (non-hydrogen) atoms. The highest BCUT2D eigenvalue weighted by Crippen LogP contribution is 2.14. The van der Waals surface area contributed by atoms with E-state index in [1.54, 1.807) is 24.1 Å². The Bertz CT molecular complexity index is 605. The van der Waals surface area contributed by atoms with Gasteiger partial charge in [0.1, 0.15) is 0 Å². The van der Waals surface area contributed by atoms with E-state index in [-0.39, 0.29) is 5.91 Å². The van der Waals surface area contributed by atoms with Crippen LogP contribution in [0.25, 0.3) is 0 Å². The lowest BCUT2D eigenvalue weighted by Gasteiger charge is -2.06. The highest BCUT2D eigenvalue weighted by Gasteiger charge is 2.10. The van der Waals surface area contributed by atoms with Crippen LogP contribution in [0.15, 0.2) is 30.5 Å². The van der Waals surface area contributed by atoms with Gasteiger partial charge in [-0.05, 0) is 43.2 Å². The molecule has 0 atom stereocenters. The normalized spacial score (nSPS) is 10.6. The molecule has 2 rings (SSSR count). The molecule has 1 aromatic heterocycles. The Labute approximate surface area is 118 Å². The molecule has 0 aliphatic heterocycles. The van der Waals surface area contributed by atoms with E-state index in [4.69, 9.17) is 4.74 Å². The van der Waals surface area contributed by atoms with Gasteiger partial charge in [0.05, 0.1) is 13.2 Å². The van der Waals surface area contributed by atoms with Gasteiger partial charge in [0.15, 0.2) is 5.69 Å². The van der Waals surface area contributed by atoms with Gasteiger partial charge in [-0.1, -0.05) is 6.07 Å². The van der Waals surface area contributed by atoms with Gasteiger partial charge in [0.25, 0.3) is 5.91 Å². The van der Waals surface area contributed by atoms with Gasteiger partial charge < -0.3 is 10.1 Å². The van der Waals surface area contributed by atoms with Crippen molar-refractivity contribution in [2.75, 3.05) is 19.0 Å². The SMILES string of the molecule is COCCn1ccc(C(=O)Nc2ccc(C)c(C)c2)n1. The summed E-state index contributed by atoms with van der Waals surface area (Å²) in [6, 6.07) is 7.53. The summed E-state index contributed by atoms with van der Waals surface area (Å²) in [5, 5.41) is 7.06. The summed E-state index contributed by atoms with van der Waals surface area (Å²) in [7, 11) is 1.64. The lowest BCUT2D eigenvalue weighted by molar-refractivity contribution is 0.102. The Morgan fingerprint density at radius 1 is 1.30 bits per heavy atom. The predicted molar refractivity (Wildman–Crippen MR) is 78.0 cm³/mol. The fourth-order valence-electron chi connectivity index (χ4n) is 1.81. The molecule has 0 saturated carbocycles. The Kier molecular flexibility index (Phi) is 4.53. The summed E-state index contributed by atoms with van der Waals surface area (Å²) in [6.45, 7) is 5.26. The Hall–Kier alpha value is -2.14. The van der Waals surface area contributed by atoms with Gasteiger partial charge >= 0.3 is 0 Å². The van der Waals surface area contributed by atoms with Crippen LogP contribution < -0.4 is 5.32 Å². The second kappa shape index (κ2) is 6.34. The third-order valence-corrected chi connectivity index (χ3v) is 3.16. The Morgan fingerprint density at radius 3 is 2.80 bits per heavy atom. The van der Waals surface area contributed by atoms with Crippen molar-refractivity contribution in [2.45, 2.75) is 20.4 Å². The van der Waals surface area contributed by atoms with E-state index >= 15 is 0 Å². The summed E-state index contributed by atoms with van der Waals surface area (Å²) >= 11 is 0.